The number of piperazine rings is 1. The normalized spacial score (nSPS) is 27.1. The van der Waals surface area contributed by atoms with Crippen LogP contribution in [0.4, 0.5) is 5.69 Å². The molecule has 3 saturated heterocycles. The number of fused-ring (bicyclic) bond motifs is 1. The molecule has 4 aliphatic rings. The van der Waals surface area contributed by atoms with Crippen LogP contribution in [0, 0.1) is 5.92 Å². The van der Waals surface area contributed by atoms with Crippen molar-refractivity contribution in [2.75, 3.05) is 50.7 Å². The maximum absolute atomic E-state index is 13.0. The molecular weight excluding hydrogens is 398 g/mol. The molecule has 5 rings (SSSR count). The SMILES string of the molecule is O=C1CCC(N2C(=O)c3ccc(N4CCC(CN5CCNCC5)C4)cc3C2=O)C(=O)N1. The van der Waals surface area contributed by atoms with Gasteiger partial charge in [-0.3, -0.25) is 29.4 Å². The van der Waals surface area contributed by atoms with Crippen LogP contribution in [0.2, 0.25) is 0 Å². The van der Waals surface area contributed by atoms with Gasteiger partial charge in [0.25, 0.3) is 11.8 Å². The minimum atomic E-state index is -0.927. The predicted octanol–water partition coefficient (Wildman–Crippen LogP) is -0.181. The molecule has 9 heteroatoms. The van der Waals surface area contributed by atoms with Crippen molar-refractivity contribution in [2.24, 2.45) is 5.92 Å². The number of carbonyl (C=O) groups excluding carboxylic acids is 4. The third-order valence-corrected chi connectivity index (χ3v) is 6.80. The lowest BCUT2D eigenvalue weighted by molar-refractivity contribution is -0.136. The number of benzene rings is 1. The van der Waals surface area contributed by atoms with Gasteiger partial charge in [0.1, 0.15) is 6.04 Å². The molecule has 0 bridgehead atoms. The van der Waals surface area contributed by atoms with Crippen molar-refractivity contribution in [3.05, 3.63) is 29.3 Å². The summed E-state index contributed by atoms with van der Waals surface area (Å²) >= 11 is 0. The van der Waals surface area contributed by atoms with E-state index in [2.05, 4.69) is 20.4 Å². The predicted molar refractivity (Wildman–Crippen MR) is 113 cm³/mol. The molecule has 2 N–H and O–H groups in total. The fraction of sp³-hybridized carbons (Fsp3) is 0.545. The molecule has 9 nitrogen and oxygen atoms in total. The molecule has 2 atom stereocenters. The lowest BCUT2D eigenvalue weighted by Gasteiger charge is -2.29. The second-order valence-corrected chi connectivity index (χ2v) is 8.83. The summed E-state index contributed by atoms with van der Waals surface area (Å²) in [6, 6.07) is 4.45. The molecule has 31 heavy (non-hydrogen) atoms. The quantitative estimate of drug-likeness (QED) is 0.645. The Morgan fingerprint density at radius 2 is 1.71 bits per heavy atom. The lowest BCUT2D eigenvalue weighted by Crippen LogP contribution is -2.54. The van der Waals surface area contributed by atoms with Gasteiger partial charge < -0.3 is 15.1 Å². The van der Waals surface area contributed by atoms with E-state index < -0.39 is 23.8 Å². The average Bonchev–Trinajstić information content (AvgIpc) is 3.32. The minimum Gasteiger partial charge on any atom is -0.371 e. The van der Waals surface area contributed by atoms with Crippen LogP contribution in [0.15, 0.2) is 18.2 Å². The molecule has 4 heterocycles. The first-order valence-electron chi connectivity index (χ1n) is 11.0. The highest BCUT2D eigenvalue weighted by Crippen LogP contribution is 2.32. The van der Waals surface area contributed by atoms with Gasteiger partial charge in [-0.05, 0) is 37.0 Å². The van der Waals surface area contributed by atoms with Gasteiger partial charge in [0, 0.05) is 57.9 Å². The van der Waals surface area contributed by atoms with E-state index >= 15 is 0 Å². The first-order chi connectivity index (χ1) is 15.0. The summed E-state index contributed by atoms with van der Waals surface area (Å²) in [5, 5.41) is 5.61. The van der Waals surface area contributed by atoms with E-state index in [9.17, 15) is 19.2 Å². The summed E-state index contributed by atoms with van der Waals surface area (Å²) < 4.78 is 0. The van der Waals surface area contributed by atoms with Crippen LogP contribution in [0.3, 0.4) is 0 Å². The van der Waals surface area contributed by atoms with Crippen molar-refractivity contribution in [2.45, 2.75) is 25.3 Å². The Bertz CT molecular complexity index is 942. The van der Waals surface area contributed by atoms with Crippen LogP contribution in [0.5, 0.6) is 0 Å². The molecule has 3 fully saturated rings. The van der Waals surface area contributed by atoms with Gasteiger partial charge in [0.2, 0.25) is 11.8 Å². The van der Waals surface area contributed by atoms with Crippen LogP contribution in [0.25, 0.3) is 0 Å². The number of hydrogen-bond donors (Lipinski definition) is 2. The van der Waals surface area contributed by atoms with E-state index in [1.54, 1.807) is 12.1 Å². The Labute approximate surface area is 180 Å². The summed E-state index contributed by atoms with van der Waals surface area (Å²) in [5.74, 6) is -1.28. The Kier molecular flexibility index (Phi) is 5.23. The van der Waals surface area contributed by atoms with E-state index in [4.69, 9.17) is 0 Å². The van der Waals surface area contributed by atoms with Crippen molar-refractivity contribution < 1.29 is 19.2 Å². The van der Waals surface area contributed by atoms with Gasteiger partial charge in [0.05, 0.1) is 11.1 Å². The van der Waals surface area contributed by atoms with Crippen molar-refractivity contribution in [3.8, 4) is 0 Å². The Balaban J connectivity index is 1.29. The van der Waals surface area contributed by atoms with Crippen molar-refractivity contribution in [3.63, 3.8) is 0 Å². The maximum atomic E-state index is 13.0. The van der Waals surface area contributed by atoms with Crippen LogP contribution in [-0.4, -0.2) is 85.3 Å². The Morgan fingerprint density at radius 3 is 2.48 bits per heavy atom. The molecule has 0 aromatic heterocycles. The van der Waals surface area contributed by atoms with Gasteiger partial charge in [-0.25, -0.2) is 0 Å². The number of nitrogens with one attached hydrogen (secondary N) is 2. The highest BCUT2D eigenvalue weighted by atomic mass is 16.2. The van der Waals surface area contributed by atoms with E-state index in [1.807, 2.05) is 6.07 Å². The van der Waals surface area contributed by atoms with E-state index in [0.717, 1.165) is 62.8 Å². The molecule has 0 spiro atoms. The standard InChI is InChI=1S/C22H27N5O4/c28-19-4-3-18(20(29)24-19)27-21(30)16-2-1-15(11-17(16)22(27)31)26-8-5-14(13-26)12-25-9-6-23-7-10-25/h1-2,11,14,18,23H,3-10,12-13H2,(H,24,28,29). The zero-order valence-corrected chi connectivity index (χ0v) is 17.4. The number of rotatable bonds is 4. The number of hydrogen-bond acceptors (Lipinski definition) is 7. The highest BCUT2D eigenvalue weighted by molar-refractivity contribution is 6.23. The second kappa shape index (κ2) is 8.05. The largest absolute Gasteiger partial charge is 0.371 e. The van der Waals surface area contributed by atoms with Crippen molar-refractivity contribution >= 4 is 29.3 Å². The molecule has 0 saturated carbocycles. The minimum absolute atomic E-state index is 0.122. The molecule has 1 aromatic rings. The topological polar surface area (TPSA) is 102 Å². The number of anilines is 1. The molecule has 0 radical (unpaired) electrons. The molecule has 1 aromatic carbocycles. The Morgan fingerprint density at radius 1 is 0.935 bits per heavy atom. The summed E-state index contributed by atoms with van der Waals surface area (Å²) in [6.45, 7) is 7.20. The van der Waals surface area contributed by atoms with Crippen LogP contribution in [0.1, 0.15) is 40.0 Å². The summed E-state index contributed by atoms with van der Waals surface area (Å²) in [7, 11) is 0. The highest BCUT2D eigenvalue weighted by Gasteiger charge is 2.44. The van der Waals surface area contributed by atoms with Crippen LogP contribution >= 0.6 is 0 Å². The summed E-state index contributed by atoms with van der Waals surface area (Å²) in [4.78, 5) is 55.3. The number of imide groups is 2. The Hall–Kier alpha value is -2.78. The molecule has 4 amide bonds. The zero-order chi connectivity index (χ0) is 21.5. The van der Waals surface area contributed by atoms with Gasteiger partial charge in [-0.1, -0.05) is 0 Å². The van der Waals surface area contributed by atoms with E-state index in [0.29, 0.717) is 17.0 Å². The fourth-order valence-corrected chi connectivity index (χ4v) is 5.13. The fourth-order valence-electron chi connectivity index (χ4n) is 5.13. The number of piperidine rings is 1. The van der Waals surface area contributed by atoms with Crippen molar-refractivity contribution in [1.82, 2.24) is 20.4 Å². The molecule has 2 unspecified atom stereocenters. The number of carbonyl (C=O) groups is 4. The molecule has 0 aliphatic carbocycles. The number of amides is 4. The van der Waals surface area contributed by atoms with E-state index in [-0.39, 0.29) is 18.7 Å². The second-order valence-electron chi connectivity index (χ2n) is 8.83. The molecule has 4 aliphatic heterocycles. The van der Waals surface area contributed by atoms with Gasteiger partial charge >= 0.3 is 0 Å². The maximum Gasteiger partial charge on any atom is 0.262 e. The van der Waals surface area contributed by atoms with E-state index in [1.165, 1.54) is 0 Å². The first-order valence-corrected chi connectivity index (χ1v) is 11.0. The van der Waals surface area contributed by atoms with Crippen LogP contribution < -0.4 is 15.5 Å². The zero-order valence-electron chi connectivity index (χ0n) is 17.4. The third-order valence-electron chi connectivity index (χ3n) is 6.80. The lowest BCUT2D eigenvalue weighted by atomic mass is 10.0. The van der Waals surface area contributed by atoms with Crippen molar-refractivity contribution in [1.29, 1.82) is 0 Å². The summed E-state index contributed by atoms with van der Waals surface area (Å²) in [5.41, 5.74) is 1.61. The summed E-state index contributed by atoms with van der Waals surface area (Å²) in [6.07, 6.45) is 1.40. The van der Waals surface area contributed by atoms with Gasteiger partial charge in [0.15, 0.2) is 0 Å². The molecular formula is C22H27N5O4. The molecule has 164 valence electrons. The van der Waals surface area contributed by atoms with Crippen LogP contribution in [-0.2, 0) is 9.59 Å². The average molecular weight is 425 g/mol. The number of nitrogens with zero attached hydrogens (tertiary/aromatic N) is 3. The monoisotopic (exact) mass is 425 g/mol. The van der Waals surface area contributed by atoms with Gasteiger partial charge in [-0.15, -0.1) is 0 Å². The third kappa shape index (κ3) is 3.72. The van der Waals surface area contributed by atoms with Gasteiger partial charge in [-0.2, -0.15) is 0 Å². The smallest absolute Gasteiger partial charge is 0.262 e. The first kappa shape index (κ1) is 20.1.